The van der Waals surface area contributed by atoms with Crippen LogP contribution in [-0.4, -0.2) is 19.2 Å². The molecule has 26 heavy (non-hydrogen) atoms. The molecular weight excluding hydrogens is 352 g/mol. The number of hydrogen-bond donors (Lipinski definition) is 1. The Morgan fingerprint density at radius 3 is 2.42 bits per heavy atom. The number of aryl methyl sites for hydroxylation is 2. The molecule has 6 nitrogen and oxygen atoms in total. The Morgan fingerprint density at radius 1 is 1.12 bits per heavy atom. The van der Waals surface area contributed by atoms with Crippen molar-refractivity contribution in [3.05, 3.63) is 60.2 Å². The van der Waals surface area contributed by atoms with Crippen LogP contribution in [0.4, 0.5) is 5.82 Å². The van der Waals surface area contributed by atoms with Gasteiger partial charge in [-0.1, -0.05) is 35.9 Å². The van der Waals surface area contributed by atoms with E-state index in [4.69, 9.17) is 4.74 Å². The van der Waals surface area contributed by atoms with Gasteiger partial charge in [0.05, 0.1) is 11.9 Å². The molecule has 136 valence electrons. The first-order valence-electron chi connectivity index (χ1n) is 8.13. The maximum Gasteiger partial charge on any atom is 0.320 e. The average Bonchev–Trinajstić information content (AvgIpc) is 2.96. The molecule has 0 aliphatic carbocycles. The van der Waals surface area contributed by atoms with E-state index < -0.39 is 10.1 Å². The molecule has 0 amide bonds. The van der Waals surface area contributed by atoms with Crippen molar-refractivity contribution in [2.24, 2.45) is 7.05 Å². The van der Waals surface area contributed by atoms with Gasteiger partial charge in [0, 0.05) is 18.4 Å². The molecule has 0 fully saturated rings. The fourth-order valence-corrected chi connectivity index (χ4v) is 3.25. The van der Waals surface area contributed by atoms with E-state index in [1.165, 1.54) is 23.0 Å². The van der Waals surface area contributed by atoms with Crippen molar-refractivity contribution in [1.82, 2.24) is 0 Å². The van der Waals surface area contributed by atoms with Crippen molar-refractivity contribution < 1.29 is 22.3 Å². The monoisotopic (exact) mass is 372 g/mol. The molecule has 1 aromatic heterocycles. The summed E-state index contributed by atoms with van der Waals surface area (Å²) in [5, 5.41) is 4.50. The number of anilines is 1. The molecule has 1 unspecified atom stereocenters. The molecule has 0 bridgehead atoms. The predicted octanol–water partition coefficient (Wildman–Crippen LogP) is 2.71. The smallest absolute Gasteiger partial charge is 0.320 e. The van der Waals surface area contributed by atoms with Crippen molar-refractivity contribution in [3.63, 3.8) is 0 Å². The molecule has 7 heteroatoms. The molecular formula is C19H20N2O4S. The summed E-state index contributed by atoms with van der Waals surface area (Å²) in [6.45, 7) is 3.83. The van der Waals surface area contributed by atoms with Crippen LogP contribution in [0, 0.1) is 6.92 Å². The third-order valence-corrected chi connectivity index (χ3v) is 4.96. The number of fused-ring (bicyclic) bond motifs is 2. The molecule has 1 N–H and O–H groups in total. The number of para-hydroxylation sites is 1. The first kappa shape index (κ1) is 18.2. The summed E-state index contributed by atoms with van der Waals surface area (Å²) < 4.78 is 39.0. The maximum absolute atomic E-state index is 10.4. The Labute approximate surface area is 152 Å². The van der Waals surface area contributed by atoms with Gasteiger partial charge in [0.15, 0.2) is 0 Å². The third kappa shape index (κ3) is 3.79. The second kappa shape index (κ2) is 6.93. The van der Waals surface area contributed by atoms with E-state index in [9.17, 15) is 13.0 Å². The van der Waals surface area contributed by atoms with Gasteiger partial charge in [-0.25, -0.2) is 18.3 Å². The van der Waals surface area contributed by atoms with Crippen molar-refractivity contribution in [2.45, 2.75) is 25.0 Å². The lowest BCUT2D eigenvalue weighted by Gasteiger charge is -2.05. The molecule has 1 aliphatic heterocycles. The van der Waals surface area contributed by atoms with Gasteiger partial charge in [0.2, 0.25) is 12.0 Å². The standard InChI is InChI=1S/C12H12N2O.C7H8O3S/c1-8-13-12-11(15-8)7-9-5-3-4-6-10(9)14(12)2;1-6-2-4-7(5-3-6)11(8,9)10/h3-8H,1-2H3;2-5H,1H3,(H,8,9,10). The van der Waals surface area contributed by atoms with Crippen molar-refractivity contribution in [2.75, 3.05) is 5.32 Å². The molecule has 0 radical (unpaired) electrons. The van der Waals surface area contributed by atoms with E-state index in [0.717, 1.165) is 17.1 Å². The Kier molecular flexibility index (Phi) is 4.84. The Balaban J connectivity index is 0.000000160. The maximum atomic E-state index is 10.4. The zero-order valence-electron chi connectivity index (χ0n) is 14.8. The summed E-state index contributed by atoms with van der Waals surface area (Å²) in [5.41, 5.74) is 2.14. The Morgan fingerprint density at radius 2 is 1.77 bits per heavy atom. The lowest BCUT2D eigenvalue weighted by atomic mass is 10.2. The number of pyridine rings is 1. The van der Waals surface area contributed by atoms with E-state index in [0.29, 0.717) is 0 Å². The number of nitrogens with one attached hydrogen (secondary N) is 1. The molecule has 0 spiro atoms. The summed E-state index contributed by atoms with van der Waals surface area (Å²) in [6, 6.07) is 16.2. The van der Waals surface area contributed by atoms with E-state index in [1.54, 1.807) is 12.1 Å². The molecule has 0 saturated carbocycles. The Bertz CT molecular complexity index is 1050. The topological polar surface area (TPSA) is 82.3 Å². The minimum absolute atomic E-state index is 0.0583. The van der Waals surface area contributed by atoms with Crippen LogP contribution in [0.1, 0.15) is 12.5 Å². The highest BCUT2D eigenvalue weighted by Gasteiger charge is 2.28. The van der Waals surface area contributed by atoms with Crippen molar-refractivity contribution in [1.29, 1.82) is 0 Å². The van der Waals surface area contributed by atoms with E-state index in [2.05, 4.69) is 35.1 Å². The molecule has 1 aliphatic rings. The average molecular weight is 372 g/mol. The zero-order valence-corrected chi connectivity index (χ0v) is 15.6. The first-order chi connectivity index (χ1) is 12.3. The SMILES string of the molecule is CC1Nc2c(cc3ccccc3[n+]2C)O1.Cc1ccc(S(=O)(=O)[O-])cc1. The summed E-state index contributed by atoms with van der Waals surface area (Å²) in [4.78, 5) is -0.178. The van der Waals surface area contributed by atoms with Crippen LogP contribution in [0.3, 0.4) is 0 Å². The fraction of sp³-hybridized carbons (Fsp3) is 0.211. The molecule has 2 aromatic carbocycles. The van der Waals surface area contributed by atoms with Crippen LogP contribution < -0.4 is 14.6 Å². The fourth-order valence-electron chi connectivity index (χ4n) is 2.79. The van der Waals surface area contributed by atoms with Gasteiger partial charge in [-0.15, -0.1) is 0 Å². The van der Waals surface area contributed by atoms with Gasteiger partial charge in [-0.2, -0.15) is 0 Å². The van der Waals surface area contributed by atoms with Crippen LogP contribution >= 0.6 is 0 Å². The highest BCUT2D eigenvalue weighted by atomic mass is 32.2. The van der Waals surface area contributed by atoms with Crippen LogP contribution in [-0.2, 0) is 17.2 Å². The van der Waals surface area contributed by atoms with Gasteiger partial charge < -0.3 is 9.29 Å². The number of benzene rings is 2. The van der Waals surface area contributed by atoms with Crippen LogP contribution in [0.5, 0.6) is 5.75 Å². The number of aromatic nitrogens is 1. The van der Waals surface area contributed by atoms with Crippen LogP contribution in [0.2, 0.25) is 0 Å². The first-order valence-corrected chi connectivity index (χ1v) is 9.54. The van der Waals surface area contributed by atoms with Gasteiger partial charge in [-0.05, 0) is 25.1 Å². The minimum atomic E-state index is -4.27. The van der Waals surface area contributed by atoms with Crippen LogP contribution in [0.25, 0.3) is 10.9 Å². The van der Waals surface area contributed by atoms with Gasteiger partial charge in [0.1, 0.15) is 15.6 Å². The van der Waals surface area contributed by atoms with E-state index in [1.807, 2.05) is 26.0 Å². The quantitative estimate of drug-likeness (QED) is 0.525. The van der Waals surface area contributed by atoms with E-state index >= 15 is 0 Å². The molecule has 2 heterocycles. The van der Waals surface area contributed by atoms with Gasteiger partial charge in [0.25, 0.3) is 0 Å². The normalized spacial score (nSPS) is 15.5. The summed E-state index contributed by atoms with van der Waals surface area (Å²) >= 11 is 0. The highest BCUT2D eigenvalue weighted by molar-refractivity contribution is 7.85. The van der Waals surface area contributed by atoms with Gasteiger partial charge >= 0.3 is 5.82 Å². The molecule has 4 rings (SSSR count). The summed E-state index contributed by atoms with van der Waals surface area (Å²) in [5.74, 6) is 1.99. The largest absolute Gasteiger partial charge is 0.744 e. The lowest BCUT2D eigenvalue weighted by Crippen LogP contribution is -2.32. The summed E-state index contributed by atoms with van der Waals surface area (Å²) in [6.07, 6.45) is 0.0583. The van der Waals surface area contributed by atoms with Crippen LogP contribution in [0.15, 0.2) is 59.5 Å². The minimum Gasteiger partial charge on any atom is -0.744 e. The zero-order chi connectivity index (χ0) is 18.9. The van der Waals surface area contributed by atoms with E-state index in [-0.39, 0.29) is 11.1 Å². The number of ether oxygens (including phenoxy) is 1. The summed E-state index contributed by atoms with van der Waals surface area (Å²) in [7, 11) is -2.22. The second-order valence-corrected chi connectivity index (χ2v) is 7.53. The van der Waals surface area contributed by atoms with Crippen molar-refractivity contribution in [3.8, 4) is 5.75 Å². The molecule has 1 atom stereocenters. The van der Waals surface area contributed by atoms with Crippen molar-refractivity contribution >= 4 is 26.8 Å². The number of nitrogens with zero attached hydrogens (tertiary/aromatic N) is 1. The highest BCUT2D eigenvalue weighted by Crippen LogP contribution is 2.31. The number of rotatable bonds is 1. The molecule has 0 saturated heterocycles. The number of hydrogen-bond acceptors (Lipinski definition) is 5. The second-order valence-electron chi connectivity index (χ2n) is 6.15. The Hall–Kier alpha value is -2.64. The van der Waals surface area contributed by atoms with Gasteiger partial charge in [-0.3, -0.25) is 0 Å². The molecule has 3 aromatic rings. The predicted molar refractivity (Wildman–Crippen MR) is 98.0 cm³/mol. The lowest BCUT2D eigenvalue weighted by molar-refractivity contribution is -0.629. The third-order valence-electron chi connectivity index (χ3n) is 4.11.